The summed E-state index contributed by atoms with van der Waals surface area (Å²) in [5.74, 6) is -0.309. The van der Waals surface area contributed by atoms with Gasteiger partial charge in [-0.15, -0.1) is 4.47 Å². The van der Waals surface area contributed by atoms with Crippen LogP contribution in [0.4, 0.5) is 4.79 Å². The normalized spacial score (nSPS) is 14.4. The molecule has 0 bridgehead atoms. The Balaban J connectivity index is 0.00000204. The average molecular weight is 429 g/mol. The van der Waals surface area contributed by atoms with Gasteiger partial charge in [0.15, 0.2) is 11.5 Å². The lowest BCUT2D eigenvalue weighted by Crippen LogP contribution is -2.34. The quantitative estimate of drug-likeness (QED) is 0.226. The van der Waals surface area contributed by atoms with Gasteiger partial charge in [-0.3, -0.25) is 4.84 Å². The number of hydroxylamine groups is 1. The fourth-order valence-electron chi connectivity index (χ4n) is 2.67. The number of carbonyl (C=O) groups is 1. The van der Waals surface area contributed by atoms with E-state index in [1.807, 2.05) is 34.6 Å². The summed E-state index contributed by atoms with van der Waals surface area (Å²) in [6.07, 6.45) is 4.86. The molecule has 166 valence electrons. The highest BCUT2D eigenvalue weighted by Gasteiger charge is 2.21. The molecule has 8 heteroatoms. The van der Waals surface area contributed by atoms with E-state index < -0.39 is 11.7 Å². The van der Waals surface area contributed by atoms with Crippen molar-refractivity contribution in [2.24, 2.45) is 0 Å². The van der Waals surface area contributed by atoms with E-state index in [1.54, 1.807) is 10.5 Å². The molecular formula is C21H36N2O5S. The topological polar surface area (TPSA) is 91.3 Å². The maximum atomic E-state index is 11.7. The number of benzene rings is 1. The van der Waals surface area contributed by atoms with Gasteiger partial charge in [-0.25, -0.2) is 4.79 Å². The van der Waals surface area contributed by atoms with Crippen LogP contribution in [-0.4, -0.2) is 45.6 Å². The number of phenols is 2. The van der Waals surface area contributed by atoms with Gasteiger partial charge in [0.1, 0.15) is 5.60 Å². The Labute approximate surface area is 178 Å². The maximum absolute atomic E-state index is 11.7. The first-order chi connectivity index (χ1) is 13.7. The number of nitrogens with one attached hydrogen (secondary N) is 1. The second-order valence-electron chi connectivity index (χ2n) is 7.59. The lowest BCUT2D eigenvalue weighted by Gasteiger charge is -2.24. The molecule has 1 fully saturated rings. The van der Waals surface area contributed by atoms with E-state index in [4.69, 9.17) is 9.57 Å². The Morgan fingerprint density at radius 1 is 1.21 bits per heavy atom. The lowest BCUT2D eigenvalue weighted by molar-refractivity contribution is -0.122. The number of carbonyl (C=O) groups excluding carboxylic acids is 1. The second-order valence-corrected chi connectivity index (χ2v) is 8.65. The Kier molecular flexibility index (Phi) is 11.2. The minimum absolute atomic E-state index is 0.149. The van der Waals surface area contributed by atoms with Crippen LogP contribution in [0.3, 0.4) is 0 Å². The van der Waals surface area contributed by atoms with E-state index in [1.165, 1.54) is 36.9 Å². The van der Waals surface area contributed by atoms with Crippen LogP contribution in [0.2, 0.25) is 0 Å². The van der Waals surface area contributed by atoms with E-state index in [0.29, 0.717) is 19.5 Å². The molecule has 1 aromatic carbocycles. The summed E-state index contributed by atoms with van der Waals surface area (Å²) < 4.78 is 7.01. The molecule has 0 aliphatic heterocycles. The van der Waals surface area contributed by atoms with E-state index >= 15 is 0 Å². The monoisotopic (exact) mass is 428 g/mol. The Morgan fingerprint density at radius 3 is 2.45 bits per heavy atom. The van der Waals surface area contributed by atoms with Crippen molar-refractivity contribution in [2.45, 2.75) is 83.3 Å². The van der Waals surface area contributed by atoms with Crippen molar-refractivity contribution in [3.05, 3.63) is 18.2 Å². The summed E-state index contributed by atoms with van der Waals surface area (Å²) in [5, 5.41) is 21.9. The number of amides is 1. The van der Waals surface area contributed by atoms with Gasteiger partial charge in [0.05, 0.1) is 6.10 Å². The van der Waals surface area contributed by atoms with E-state index in [-0.39, 0.29) is 17.6 Å². The SMILES string of the molecule is CC.CC(C)(C)OC(=O)NCCCN(OC1CCCC1)Sc1ccc(O)c(O)c1. The Bertz CT molecular complexity index is 616. The molecule has 7 nitrogen and oxygen atoms in total. The van der Waals surface area contributed by atoms with Crippen LogP contribution in [-0.2, 0) is 9.57 Å². The van der Waals surface area contributed by atoms with Crippen LogP contribution in [0.5, 0.6) is 11.5 Å². The van der Waals surface area contributed by atoms with Crippen LogP contribution < -0.4 is 5.32 Å². The Hall–Kier alpha value is -1.64. The number of rotatable bonds is 8. The molecule has 1 saturated carbocycles. The number of hydrogen-bond donors (Lipinski definition) is 3. The molecule has 0 atom stereocenters. The minimum atomic E-state index is -0.515. The largest absolute Gasteiger partial charge is 0.504 e. The first-order valence-corrected chi connectivity index (χ1v) is 11.1. The zero-order valence-electron chi connectivity index (χ0n) is 18.2. The second kappa shape index (κ2) is 12.8. The summed E-state index contributed by atoms with van der Waals surface area (Å²) in [4.78, 5) is 18.6. The zero-order valence-corrected chi connectivity index (χ0v) is 19.1. The van der Waals surface area contributed by atoms with Crippen molar-refractivity contribution in [3.8, 4) is 11.5 Å². The van der Waals surface area contributed by atoms with Crippen LogP contribution in [0.15, 0.2) is 23.1 Å². The summed E-state index contributed by atoms with van der Waals surface area (Å²) in [6.45, 7) is 10.5. The number of aromatic hydroxyl groups is 2. The third-order valence-electron chi connectivity index (χ3n) is 3.91. The van der Waals surface area contributed by atoms with Crippen molar-refractivity contribution >= 4 is 18.0 Å². The molecule has 1 aromatic rings. The summed E-state index contributed by atoms with van der Waals surface area (Å²) in [7, 11) is 0. The van der Waals surface area contributed by atoms with E-state index in [0.717, 1.165) is 17.7 Å². The van der Waals surface area contributed by atoms with Crippen LogP contribution in [0, 0.1) is 0 Å². The molecule has 0 unspecified atom stereocenters. The van der Waals surface area contributed by atoms with Crippen LogP contribution in [0.1, 0.15) is 66.7 Å². The summed E-state index contributed by atoms with van der Waals surface area (Å²) >= 11 is 1.36. The number of nitrogens with zero attached hydrogens (tertiary/aromatic N) is 1. The van der Waals surface area contributed by atoms with E-state index in [2.05, 4.69) is 5.32 Å². The first-order valence-electron chi connectivity index (χ1n) is 10.3. The lowest BCUT2D eigenvalue weighted by atomic mass is 10.2. The number of phenolic OH excluding ortho intramolecular Hbond substituents is 2. The highest BCUT2D eigenvalue weighted by atomic mass is 32.2. The fourth-order valence-corrected chi connectivity index (χ4v) is 3.58. The molecule has 3 N–H and O–H groups in total. The van der Waals surface area contributed by atoms with Crippen molar-refractivity contribution in [1.82, 2.24) is 9.79 Å². The van der Waals surface area contributed by atoms with E-state index in [9.17, 15) is 15.0 Å². The third kappa shape index (κ3) is 10.6. The third-order valence-corrected chi connectivity index (χ3v) is 4.85. The van der Waals surface area contributed by atoms with Gasteiger partial charge in [-0.05, 0) is 70.2 Å². The molecule has 0 heterocycles. The van der Waals surface area contributed by atoms with Gasteiger partial charge in [-0.1, -0.05) is 26.7 Å². The smallest absolute Gasteiger partial charge is 0.407 e. The number of ether oxygens (including phenoxy) is 1. The van der Waals surface area contributed by atoms with Gasteiger partial charge in [0.2, 0.25) is 0 Å². The van der Waals surface area contributed by atoms with Crippen molar-refractivity contribution in [3.63, 3.8) is 0 Å². The number of hydrogen-bond acceptors (Lipinski definition) is 7. The molecule has 1 aliphatic rings. The first kappa shape index (κ1) is 25.4. The van der Waals surface area contributed by atoms with Crippen LogP contribution in [0.25, 0.3) is 0 Å². The Morgan fingerprint density at radius 2 is 1.86 bits per heavy atom. The molecular weight excluding hydrogens is 392 g/mol. The molecule has 29 heavy (non-hydrogen) atoms. The van der Waals surface area contributed by atoms with Crippen molar-refractivity contribution in [1.29, 1.82) is 0 Å². The van der Waals surface area contributed by atoms with Gasteiger partial charge < -0.3 is 20.3 Å². The van der Waals surface area contributed by atoms with Crippen molar-refractivity contribution < 1.29 is 24.6 Å². The van der Waals surface area contributed by atoms with Gasteiger partial charge >= 0.3 is 6.09 Å². The standard InChI is InChI=1S/C19H30N2O5S.C2H6/c1-19(2,3)25-18(24)20-11-6-12-21(26-14-7-4-5-8-14)27-15-9-10-16(22)17(23)13-15;1-2/h9-10,13-14,22-23H,4-8,11-12H2,1-3H3,(H,20,24);1-2H3. The fraction of sp³-hybridized carbons (Fsp3) is 0.667. The molecule has 1 aliphatic carbocycles. The highest BCUT2D eigenvalue weighted by molar-refractivity contribution is 7.96. The minimum Gasteiger partial charge on any atom is -0.504 e. The van der Waals surface area contributed by atoms with Gasteiger partial charge in [0.25, 0.3) is 0 Å². The summed E-state index contributed by atoms with van der Waals surface area (Å²) in [6, 6.07) is 4.68. The molecule has 0 saturated heterocycles. The van der Waals surface area contributed by atoms with Crippen LogP contribution >= 0.6 is 11.9 Å². The molecule has 0 spiro atoms. The predicted molar refractivity (Wildman–Crippen MR) is 116 cm³/mol. The van der Waals surface area contributed by atoms with Crippen molar-refractivity contribution in [2.75, 3.05) is 13.1 Å². The molecule has 0 radical (unpaired) electrons. The van der Waals surface area contributed by atoms with Gasteiger partial charge in [0, 0.05) is 18.0 Å². The summed E-state index contributed by atoms with van der Waals surface area (Å²) in [5.41, 5.74) is -0.515. The number of alkyl carbamates (subject to hydrolysis) is 1. The predicted octanol–water partition coefficient (Wildman–Crippen LogP) is 5.22. The maximum Gasteiger partial charge on any atom is 0.407 e. The molecule has 2 rings (SSSR count). The zero-order chi connectivity index (χ0) is 21.9. The average Bonchev–Trinajstić information content (AvgIpc) is 3.15. The van der Waals surface area contributed by atoms with Gasteiger partial charge in [-0.2, -0.15) is 0 Å². The highest BCUT2D eigenvalue weighted by Crippen LogP contribution is 2.33. The molecule has 1 amide bonds. The molecule has 0 aromatic heterocycles.